The van der Waals surface area contributed by atoms with E-state index in [9.17, 15) is 18.4 Å². The second-order valence-corrected chi connectivity index (χ2v) is 9.46. The van der Waals surface area contributed by atoms with Crippen LogP contribution in [0.2, 0.25) is 0 Å². The van der Waals surface area contributed by atoms with Crippen LogP contribution in [0.4, 0.5) is 25.8 Å². The van der Waals surface area contributed by atoms with E-state index in [1.165, 1.54) is 18.5 Å². The SMILES string of the molecule is CCCN(c1cc(C(F)F)c(/C(C=NCCC(=O)O)=C/N)cc1C)c1cc(OC)cc(N(C)C)c1/C=C(/C)C=O. The summed E-state index contributed by atoms with van der Waals surface area (Å²) in [7, 11) is 5.32. The molecule has 2 rings (SSSR count). The first-order chi connectivity index (χ1) is 19.0. The smallest absolute Gasteiger partial charge is 0.305 e. The van der Waals surface area contributed by atoms with Crippen LogP contribution in [-0.4, -0.2) is 57.9 Å². The van der Waals surface area contributed by atoms with E-state index < -0.39 is 12.4 Å². The maximum absolute atomic E-state index is 14.5. The predicted molar refractivity (Wildman–Crippen MR) is 158 cm³/mol. The van der Waals surface area contributed by atoms with Gasteiger partial charge < -0.3 is 25.4 Å². The molecule has 2 aromatic carbocycles. The lowest BCUT2D eigenvalue weighted by Gasteiger charge is -2.31. The second kappa shape index (κ2) is 14.8. The number of rotatable bonds is 14. The molecule has 0 radical (unpaired) electrons. The molecule has 2 aromatic rings. The molecule has 0 saturated carbocycles. The lowest BCUT2D eigenvalue weighted by molar-refractivity contribution is -0.136. The average molecular weight is 557 g/mol. The zero-order valence-electron chi connectivity index (χ0n) is 23.9. The van der Waals surface area contributed by atoms with Gasteiger partial charge in [0, 0.05) is 79.8 Å². The van der Waals surface area contributed by atoms with Crippen molar-refractivity contribution in [1.82, 2.24) is 0 Å². The summed E-state index contributed by atoms with van der Waals surface area (Å²) in [5.41, 5.74) is 10.1. The van der Waals surface area contributed by atoms with E-state index in [1.54, 1.807) is 26.2 Å². The highest BCUT2D eigenvalue weighted by atomic mass is 19.3. The highest BCUT2D eigenvalue weighted by Gasteiger charge is 2.24. The van der Waals surface area contributed by atoms with Crippen molar-refractivity contribution in [3.8, 4) is 5.75 Å². The molecule has 0 bridgehead atoms. The Labute approximate surface area is 234 Å². The fourth-order valence-corrected chi connectivity index (χ4v) is 4.27. The number of halogens is 2. The molecular formula is C30H38F2N4O4. The molecule has 0 spiro atoms. The second-order valence-electron chi connectivity index (χ2n) is 9.46. The van der Waals surface area contributed by atoms with Gasteiger partial charge in [0.15, 0.2) is 0 Å². The molecule has 8 nitrogen and oxygen atoms in total. The van der Waals surface area contributed by atoms with Crippen LogP contribution in [0.1, 0.15) is 55.4 Å². The number of carbonyl (C=O) groups is 2. The molecule has 10 heteroatoms. The first-order valence-corrected chi connectivity index (χ1v) is 12.9. The van der Waals surface area contributed by atoms with Gasteiger partial charge in [-0.05, 0) is 55.2 Å². The molecular weight excluding hydrogens is 518 g/mol. The topological polar surface area (TPSA) is 108 Å². The van der Waals surface area contributed by atoms with Gasteiger partial charge in [0.1, 0.15) is 12.0 Å². The Balaban J connectivity index is 2.84. The molecule has 0 fully saturated rings. The van der Waals surface area contributed by atoms with Gasteiger partial charge in [-0.25, -0.2) is 8.78 Å². The monoisotopic (exact) mass is 556 g/mol. The summed E-state index contributed by atoms with van der Waals surface area (Å²) in [6.07, 6.45) is 2.76. The van der Waals surface area contributed by atoms with Gasteiger partial charge in [-0.3, -0.25) is 14.6 Å². The standard InChI is InChI=1S/C30H38F2N4O4/c1-7-10-36(28-14-22(40-6)13-27(35(4)5)25(28)11-19(2)18-37)26-15-24(30(31)32)23(12-20(26)3)21(16-33)17-34-9-8-29(38)39/h11-18,30H,7-10,33H2,1-6H3,(H,38,39)/b19-11-,21-16+,34-17?. The van der Waals surface area contributed by atoms with Gasteiger partial charge in [0.05, 0.1) is 19.2 Å². The molecule has 0 amide bonds. The minimum absolute atomic E-state index is 0.00141. The Bertz CT molecular complexity index is 1300. The van der Waals surface area contributed by atoms with Crippen LogP contribution in [0.15, 0.2) is 41.0 Å². The molecule has 0 aliphatic heterocycles. The number of allylic oxidation sites excluding steroid dienone is 2. The fraction of sp³-hybridized carbons (Fsp3) is 0.367. The number of aliphatic imine (C=N–C) groups is 1. The molecule has 0 aliphatic carbocycles. The number of methoxy groups -OCH3 is 1. The molecule has 0 atom stereocenters. The average Bonchev–Trinajstić information content (AvgIpc) is 2.91. The summed E-state index contributed by atoms with van der Waals surface area (Å²) in [4.78, 5) is 30.3. The van der Waals surface area contributed by atoms with Crippen LogP contribution >= 0.6 is 0 Å². The molecule has 0 heterocycles. The van der Waals surface area contributed by atoms with E-state index in [-0.39, 0.29) is 29.7 Å². The number of nitrogens with two attached hydrogens (primary N) is 1. The minimum atomic E-state index is -2.82. The van der Waals surface area contributed by atoms with E-state index >= 15 is 0 Å². The Morgan fingerprint density at radius 3 is 2.38 bits per heavy atom. The number of ether oxygens (including phenoxy) is 1. The number of aldehydes is 1. The number of nitrogens with zero attached hydrogens (tertiary/aromatic N) is 3. The van der Waals surface area contributed by atoms with Gasteiger partial charge in [0.2, 0.25) is 0 Å². The Hall–Kier alpha value is -4.21. The normalized spacial score (nSPS) is 12.2. The zero-order chi connectivity index (χ0) is 30.0. The maximum atomic E-state index is 14.5. The van der Waals surface area contributed by atoms with Crippen molar-refractivity contribution in [1.29, 1.82) is 0 Å². The lowest BCUT2D eigenvalue weighted by Crippen LogP contribution is -2.22. The van der Waals surface area contributed by atoms with E-state index in [2.05, 4.69) is 4.99 Å². The van der Waals surface area contributed by atoms with Gasteiger partial charge >= 0.3 is 5.97 Å². The summed E-state index contributed by atoms with van der Waals surface area (Å²) in [6, 6.07) is 6.79. The van der Waals surface area contributed by atoms with Gasteiger partial charge in [-0.1, -0.05) is 6.92 Å². The van der Waals surface area contributed by atoms with Crippen LogP contribution in [-0.2, 0) is 9.59 Å². The zero-order valence-corrected chi connectivity index (χ0v) is 23.9. The van der Waals surface area contributed by atoms with E-state index in [0.29, 0.717) is 41.2 Å². The van der Waals surface area contributed by atoms with Crippen molar-refractivity contribution in [2.24, 2.45) is 10.7 Å². The summed E-state index contributed by atoms with van der Waals surface area (Å²) in [5, 5.41) is 8.84. The molecule has 0 saturated heterocycles. The Morgan fingerprint density at radius 2 is 1.85 bits per heavy atom. The summed E-state index contributed by atoms with van der Waals surface area (Å²) in [6.45, 7) is 6.02. The van der Waals surface area contributed by atoms with E-state index in [1.807, 2.05) is 49.9 Å². The van der Waals surface area contributed by atoms with Crippen LogP contribution in [0.5, 0.6) is 5.75 Å². The maximum Gasteiger partial charge on any atom is 0.305 e. The van der Waals surface area contributed by atoms with Crippen LogP contribution in [0, 0.1) is 6.92 Å². The summed E-state index contributed by atoms with van der Waals surface area (Å²) in [5.74, 6) is -0.428. The van der Waals surface area contributed by atoms with E-state index in [0.717, 1.165) is 17.5 Å². The third-order valence-electron chi connectivity index (χ3n) is 6.19. The predicted octanol–water partition coefficient (Wildman–Crippen LogP) is 6.00. The van der Waals surface area contributed by atoms with E-state index in [4.69, 9.17) is 15.6 Å². The van der Waals surface area contributed by atoms with Crippen LogP contribution in [0.3, 0.4) is 0 Å². The molecule has 0 unspecified atom stereocenters. The lowest BCUT2D eigenvalue weighted by atomic mass is 9.95. The van der Waals surface area contributed by atoms with Crippen molar-refractivity contribution >= 4 is 47.2 Å². The number of anilines is 3. The molecule has 3 N–H and O–H groups in total. The number of hydrogen-bond acceptors (Lipinski definition) is 7. The number of aryl methyl sites for hydroxylation is 1. The van der Waals surface area contributed by atoms with Crippen molar-refractivity contribution < 1.29 is 28.2 Å². The Kier molecular flexibility index (Phi) is 11.8. The van der Waals surface area contributed by atoms with Gasteiger partial charge in [0.25, 0.3) is 6.43 Å². The van der Waals surface area contributed by atoms with Gasteiger partial charge in [-0.15, -0.1) is 0 Å². The number of carbonyl (C=O) groups excluding carboxylic acids is 1. The molecule has 216 valence electrons. The number of alkyl halides is 2. The molecule has 0 aliphatic rings. The first-order valence-electron chi connectivity index (χ1n) is 12.9. The quantitative estimate of drug-likeness (QED) is 0.167. The van der Waals surface area contributed by atoms with Gasteiger partial charge in [-0.2, -0.15) is 0 Å². The van der Waals surface area contributed by atoms with Crippen LogP contribution in [0.25, 0.3) is 11.6 Å². The Morgan fingerprint density at radius 1 is 1.18 bits per heavy atom. The number of carboxylic acid groups (broad SMARTS) is 1. The fourth-order valence-electron chi connectivity index (χ4n) is 4.27. The minimum Gasteiger partial charge on any atom is -0.497 e. The molecule has 40 heavy (non-hydrogen) atoms. The van der Waals surface area contributed by atoms with Crippen molar-refractivity contribution in [3.05, 3.63) is 58.3 Å². The third kappa shape index (κ3) is 7.91. The summed E-state index contributed by atoms with van der Waals surface area (Å²) >= 11 is 0. The van der Waals surface area contributed by atoms with Crippen molar-refractivity contribution in [2.45, 2.75) is 40.0 Å². The summed E-state index contributed by atoms with van der Waals surface area (Å²) < 4.78 is 34.5. The molecule has 0 aromatic heterocycles. The van der Waals surface area contributed by atoms with Crippen LogP contribution < -0.4 is 20.3 Å². The highest BCUT2D eigenvalue weighted by Crippen LogP contribution is 2.42. The number of hydrogen-bond donors (Lipinski definition) is 2. The number of benzene rings is 2. The highest BCUT2D eigenvalue weighted by molar-refractivity contribution is 6.10. The largest absolute Gasteiger partial charge is 0.497 e. The van der Waals surface area contributed by atoms with Crippen molar-refractivity contribution in [3.63, 3.8) is 0 Å². The van der Waals surface area contributed by atoms with Crippen molar-refractivity contribution in [2.75, 3.05) is 44.1 Å². The number of carboxylic acids is 1. The first kappa shape index (κ1) is 32.0. The number of aliphatic carboxylic acids is 1. The third-order valence-corrected chi connectivity index (χ3v) is 6.19.